The largest absolute Gasteiger partial charge is 0.495 e. The Morgan fingerprint density at radius 1 is 1.16 bits per heavy atom. The summed E-state index contributed by atoms with van der Waals surface area (Å²) in [4.78, 5) is 12.5. The molecule has 0 radical (unpaired) electrons. The lowest BCUT2D eigenvalue weighted by Crippen LogP contribution is -2.23. The summed E-state index contributed by atoms with van der Waals surface area (Å²) in [5, 5.41) is 2.59. The maximum absolute atomic E-state index is 12.9. The normalized spacial score (nSPS) is 16.4. The van der Waals surface area contributed by atoms with Gasteiger partial charge in [-0.25, -0.2) is 0 Å². The van der Waals surface area contributed by atoms with Gasteiger partial charge in [0.25, 0.3) is 0 Å². The Hall–Kier alpha value is -2.02. The van der Waals surface area contributed by atoms with Crippen molar-refractivity contribution in [3.63, 3.8) is 0 Å². The molecule has 2 aromatic carbocycles. The minimum atomic E-state index is -4.48. The van der Waals surface area contributed by atoms with Crippen molar-refractivity contribution in [2.75, 3.05) is 12.4 Å². The molecular weight excluding hydrogens is 399 g/mol. The van der Waals surface area contributed by atoms with Crippen molar-refractivity contribution in [1.82, 2.24) is 0 Å². The standard InChI is InChI=1S/C18H15BrF3NO2/c1-25-16-5-3-13(18(20,21)22)9-15(16)23-17(24)12-6-10-2-4-14(19)8-11(10)7-12/h2-5,8-9,12H,6-7H2,1H3,(H,23,24). The first-order chi connectivity index (χ1) is 11.8. The van der Waals surface area contributed by atoms with Gasteiger partial charge in [-0.1, -0.05) is 22.0 Å². The maximum atomic E-state index is 12.9. The number of benzene rings is 2. The van der Waals surface area contributed by atoms with Crippen molar-refractivity contribution in [2.24, 2.45) is 5.92 Å². The number of carbonyl (C=O) groups excluding carboxylic acids is 1. The molecule has 1 amide bonds. The van der Waals surface area contributed by atoms with Crippen LogP contribution in [0.3, 0.4) is 0 Å². The lowest BCUT2D eigenvalue weighted by atomic mass is 10.1. The number of anilines is 1. The van der Waals surface area contributed by atoms with Gasteiger partial charge in [0.1, 0.15) is 5.75 Å². The van der Waals surface area contributed by atoms with E-state index in [1.165, 1.54) is 13.2 Å². The van der Waals surface area contributed by atoms with Crippen LogP contribution in [0.15, 0.2) is 40.9 Å². The number of nitrogens with one attached hydrogen (secondary N) is 1. The summed E-state index contributed by atoms with van der Waals surface area (Å²) in [5.41, 5.74) is 1.35. The summed E-state index contributed by atoms with van der Waals surface area (Å²) < 4.78 is 44.7. The van der Waals surface area contributed by atoms with Gasteiger partial charge in [-0.05, 0) is 54.3 Å². The molecule has 0 bridgehead atoms. The van der Waals surface area contributed by atoms with E-state index in [2.05, 4.69) is 21.2 Å². The number of carbonyl (C=O) groups is 1. The van der Waals surface area contributed by atoms with Gasteiger partial charge in [0.05, 0.1) is 18.4 Å². The Bertz CT molecular complexity index is 820. The topological polar surface area (TPSA) is 38.3 Å². The van der Waals surface area contributed by atoms with Crippen molar-refractivity contribution in [3.8, 4) is 5.75 Å². The quantitative estimate of drug-likeness (QED) is 0.782. The van der Waals surface area contributed by atoms with Crippen LogP contribution in [0.25, 0.3) is 0 Å². The molecule has 3 nitrogen and oxygen atoms in total. The number of amides is 1. The second-order valence-electron chi connectivity index (χ2n) is 5.92. The van der Waals surface area contributed by atoms with Crippen molar-refractivity contribution in [3.05, 3.63) is 57.6 Å². The molecule has 7 heteroatoms. The Morgan fingerprint density at radius 2 is 1.88 bits per heavy atom. The van der Waals surface area contributed by atoms with Crippen LogP contribution in [0.5, 0.6) is 5.75 Å². The smallest absolute Gasteiger partial charge is 0.416 e. The molecule has 132 valence electrons. The number of alkyl halides is 3. The minimum absolute atomic E-state index is 0.0273. The monoisotopic (exact) mass is 413 g/mol. The van der Waals surface area contributed by atoms with Crippen LogP contribution in [-0.4, -0.2) is 13.0 Å². The van der Waals surface area contributed by atoms with E-state index in [0.717, 1.165) is 27.7 Å². The number of ether oxygens (including phenoxy) is 1. The van der Waals surface area contributed by atoms with Gasteiger partial charge in [-0.2, -0.15) is 13.2 Å². The first-order valence-corrected chi connectivity index (χ1v) is 8.40. The highest BCUT2D eigenvalue weighted by atomic mass is 79.9. The third kappa shape index (κ3) is 3.81. The Morgan fingerprint density at radius 3 is 2.56 bits per heavy atom. The summed E-state index contributed by atoms with van der Waals surface area (Å²) in [7, 11) is 1.35. The Labute approximate surface area is 151 Å². The van der Waals surface area contributed by atoms with Gasteiger partial charge in [-0.15, -0.1) is 0 Å². The number of hydrogen-bond donors (Lipinski definition) is 1. The number of methoxy groups -OCH3 is 1. The molecule has 2 aromatic rings. The molecule has 1 aliphatic carbocycles. The zero-order valence-electron chi connectivity index (χ0n) is 13.3. The average molecular weight is 414 g/mol. The van der Waals surface area contributed by atoms with Crippen LogP contribution in [0.1, 0.15) is 16.7 Å². The first-order valence-electron chi connectivity index (χ1n) is 7.61. The summed E-state index contributed by atoms with van der Waals surface area (Å²) in [6, 6.07) is 8.87. The van der Waals surface area contributed by atoms with Crippen LogP contribution in [0.2, 0.25) is 0 Å². The Kier molecular flexibility index (Phi) is 4.77. The second-order valence-corrected chi connectivity index (χ2v) is 6.84. The van der Waals surface area contributed by atoms with Crippen LogP contribution in [0, 0.1) is 5.92 Å². The highest BCUT2D eigenvalue weighted by Crippen LogP contribution is 2.36. The van der Waals surface area contributed by atoms with Crippen molar-refractivity contribution < 1.29 is 22.7 Å². The van der Waals surface area contributed by atoms with Crippen molar-refractivity contribution in [2.45, 2.75) is 19.0 Å². The highest BCUT2D eigenvalue weighted by molar-refractivity contribution is 9.10. The van der Waals surface area contributed by atoms with Gasteiger partial charge in [0.15, 0.2) is 0 Å². The van der Waals surface area contributed by atoms with E-state index >= 15 is 0 Å². The lowest BCUT2D eigenvalue weighted by molar-refractivity contribution is -0.137. The fourth-order valence-electron chi connectivity index (χ4n) is 2.99. The van der Waals surface area contributed by atoms with Crippen LogP contribution >= 0.6 is 15.9 Å². The number of rotatable bonds is 3. The van der Waals surface area contributed by atoms with Crippen LogP contribution in [-0.2, 0) is 23.8 Å². The van der Waals surface area contributed by atoms with Gasteiger partial charge < -0.3 is 10.1 Å². The maximum Gasteiger partial charge on any atom is 0.416 e. The minimum Gasteiger partial charge on any atom is -0.495 e. The summed E-state index contributed by atoms with van der Waals surface area (Å²) in [6.07, 6.45) is -3.36. The lowest BCUT2D eigenvalue weighted by Gasteiger charge is -2.15. The van der Waals surface area contributed by atoms with E-state index in [1.54, 1.807) is 0 Å². The predicted octanol–water partition coefficient (Wildman–Crippen LogP) is 4.83. The molecule has 0 aromatic heterocycles. The molecule has 0 saturated heterocycles. The first kappa shape index (κ1) is 17.8. The molecule has 0 fully saturated rings. The van der Waals surface area contributed by atoms with Gasteiger partial charge in [0.2, 0.25) is 5.91 Å². The third-order valence-corrected chi connectivity index (χ3v) is 4.75. The molecule has 25 heavy (non-hydrogen) atoms. The average Bonchev–Trinajstić information content (AvgIpc) is 2.97. The third-order valence-electron chi connectivity index (χ3n) is 4.26. The molecule has 1 N–H and O–H groups in total. The van der Waals surface area contributed by atoms with Gasteiger partial charge in [0, 0.05) is 10.4 Å². The van der Waals surface area contributed by atoms with E-state index in [4.69, 9.17) is 4.74 Å². The van der Waals surface area contributed by atoms with E-state index in [9.17, 15) is 18.0 Å². The van der Waals surface area contributed by atoms with E-state index in [-0.39, 0.29) is 23.3 Å². The molecule has 1 atom stereocenters. The molecule has 0 heterocycles. The highest BCUT2D eigenvalue weighted by Gasteiger charge is 2.32. The molecule has 0 spiro atoms. The van der Waals surface area contributed by atoms with E-state index in [1.807, 2.05) is 18.2 Å². The molecule has 0 saturated carbocycles. The molecule has 1 aliphatic rings. The Balaban J connectivity index is 1.79. The molecular formula is C18H15BrF3NO2. The number of halogens is 4. The molecule has 0 aliphatic heterocycles. The molecule has 3 rings (SSSR count). The van der Waals surface area contributed by atoms with Crippen LogP contribution < -0.4 is 10.1 Å². The number of hydrogen-bond acceptors (Lipinski definition) is 2. The van der Waals surface area contributed by atoms with Gasteiger partial charge >= 0.3 is 6.18 Å². The van der Waals surface area contributed by atoms with E-state index in [0.29, 0.717) is 12.8 Å². The zero-order valence-corrected chi connectivity index (χ0v) is 14.9. The zero-order chi connectivity index (χ0) is 18.2. The van der Waals surface area contributed by atoms with Crippen LogP contribution in [0.4, 0.5) is 18.9 Å². The summed E-state index contributed by atoms with van der Waals surface area (Å²) >= 11 is 3.40. The SMILES string of the molecule is COc1ccc(C(F)(F)F)cc1NC(=O)C1Cc2ccc(Br)cc2C1. The summed E-state index contributed by atoms with van der Waals surface area (Å²) in [6.45, 7) is 0. The molecule has 1 unspecified atom stereocenters. The number of fused-ring (bicyclic) bond motifs is 1. The van der Waals surface area contributed by atoms with Crippen molar-refractivity contribution >= 4 is 27.5 Å². The van der Waals surface area contributed by atoms with Gasteiger partial charge in [-0.3, -0.25) is 4.79 Å². The van der Waals surface area contributed by atoms with Crippen molar-refractivity contribution in [1.29, 1.82) is 0 Å². The summed E-state index contributed by atoms with van der Waals surface area (Å²) in [5.74, 6) is -0.437. The fourth-order valence-corrected chi connectivity index (χ4v) is 3.40. The second kappa shape index (κ2) is 6.71. The fraction of sp³-hybridized carbons (Fsp3) is 0.278. The predicted molar refractivity (Wildman–Crippen MR) is 91.7 cm³/mol. The van der Waals surface area contributed by atoms with E-state index < -0.39 is 11.7 Å².